The van der Waals surface area contributed by atoms with Crippen LogP contribution in [0.3, 0.4) is 0 Å². The number of nitrogens with one attached hydrogen (secondary N) is 1. The van der Waals surface area contributed by atoms with Crippen LogP contribution in [0.5, 0.6) is 0 Å². The molecule has 2 amide bonds. The third-order valence-corrected chi connectivity index (χ3v) is 3.95. The van der Waals surface area contributed by atoms with Gasteiger partial charge < -0.3 is 10.2 Å². The van der Waals surface area contributed by atoms with E-state index in [4.69, 9.17) is 0 Å². The van der Waals surface area contributed by atoms with E-state index in [1.54, 1.807) is 0 Å². The van der Waals surface area contributed by atoms with E-state index < -0.39 is 0 Å². The topological polar surface area (TPSA) is 49.4 Å². The second kappa shape index (κ2) is 7.81. The minimum Gasteiger partial charge on any atom is -0.349 e. The summed E-state index contributed by atoms with van der Waals surface area (Å²) in [4.78, 5) is 26.0. The van der Waals surface area contributed by atoms with E-state index in [0.29, 0.717) is 0 Å². The van der Waals surface area contributed by atoms with Gasteiger partial charge in [-0.2, -0.15) is 0 Å². The Hall–Kier alpha value is -1.84. The molecular weight excluding hydrogens is 264 g/mol. The summed E-state index contributed by atoms with van der Waals surface area (Å²) in [5.74, 6) is -0.240. The molecule has 1 aromatic carbocycles. The Kier molecular flexibility index (Phi) is 5.78. The zero-order chi connectivity index (χ0) is 15.1. The number of likely N-dealkylation sites (tertiary alicyclic amines) is 1. The molecule has 21 heavy (non-hydrogen) atoms. The summed E-state index contributed by atoms with van der Waals surface area (Å²) in [5.41, 5.74) is 1.05. The van der Waals surface area contributed by atoms with Gasteiger partial charge in [-0.05, 0) is 25.3 Å². The third kappa shape index (κ3) is 4.88. The molecule has 1 aromatic rings. The first-order chi connectivity index (χ1) is 10.2. The third-order valence-electron chi connectivity index (χ3n) is 3.95. The number of carbonyl (C=O) groups is 2. The fraction of sp³-hybridized carbons (Fsp3) is 0.529. The Morgan fingerprint density at radius 3 is 2.33 bits per heavy atom. The summed E-state index contributed by atoms with van der Waals surface area (Å²) in [7, 11) is 0. The molecule has 4 heteroatoms. The average molecular weight is 288 g/mol. The zero-order valence-electron chi connectivity index (χ0n) is 12.7. The maximum absolute atomic E-state index is 12.1. The molecule has 1 aliphatic rings. The van der Waals surface area contributed by atoms with Gasteiger partial charge in [0.2, 0.25) is 11.8 Å². The highest BCUT2D eigenvalue weighted by Crippen LogP contribution is 2.13. The summed E-state index contributed by atoms with van der Waals surface area (Å²) < 4.78 is 0. The van der Waals surface area contributed by atoms with Gasteiger partial charge in [-0.3, -0.25) is 9.59 Å². The van der Waals surface area contributed by atoms with Gasteiger partial charge in [-0.25, -0.2) is 0 Å². The standard InChI is InChI=1S/C17H24N2O2/c1-14(15-9-5-4-6-10-15)18-16(20)13-17(21)19-11-7-2-3-8-12-19/h4-6,9-10,14H,2-3,7-8,11-13H2,1H3,(H,18,20). The van der Waals surface area contributed by atoms with Crippen molar-refractivity contribution in [1.82, 2.24) is 10.2 Å². The zero-order valence-corrected chi connectivity index (χ0v) is 12.7. The molecule has 2 rings (SSSR count). The largest absolute Gasteiger partial charge is 0.349 e. The molecule has 1 aliphatic heterocycles. The number of benzene rings is 1. The van der Waals surface area contributed by atoms with Crippen LogP contribution in [0.25, 0.3) is 0 Å². The molecule has 1 fully saturated rings. The number of amides is 2. The van der Waals surface area contributed by atoms with Gasteiger partial charge in [-0.1, -0.05) is 43.2 Å². The average Bonchev–Trinajstić information content (AvgIpc) is 2.77. The second-order valence-electron chi connectivity index (χ2n) is 5.67. The highest BCUT2D eigenvalue weighted by atomic mass is 16.2. The van der Waals surface area contributed by atoms with Crippen LogP contribution in [0, 0.1) is 0 Å². The second-order valence-corrected chi connectivity index (χ2v) is 5.67. The van der Waals surface area contributed by atoms with Gasteiger partial charge in [0.25, 0.3) is 0 Å². The Balaban J connectivity index is 1.82. The number of rotatable bonds is 4. The van der Waals surface area contributed by atoms with E-state index >= 15 is 0 Å². The van der Waals surface area contributed by atoms with Crippen molar-refractivity contribution >= 4 is 11.8 Å². The molecule has 0 spiro atoms. The molecule has 4 nitrogen and oxygen atoms in total. The fourth-order valence-electron chi connectivity index (χ4n) is 2.69. The Morgan fingerprint density at radius 2 is 1.71 bits per heavy atom. The van der Waals surface area contributed by atoms with Crippen LogP contribution in [0.2, 0.25) is 0 Å². The van der Waals surface area contributed by atoms with Crippen molar-refractivity contribution in [3.8, 4) is 0 Å². The van der Waals surface area contributed by atoms with E-state index in [2.05, 4.69) is 5.32 Å². The van der Waals surface area contributed by atoms with Crippen molar-refractivity contribution in [2.45, 2.75) is 45.1 Å². The van der Waals surface area contributed by atoms with E-state index in [0.717, 1.165) is 31.5 Å². The maximum Gasteiger partial charge on any atom is 0.232 e. The lowest BCUT2D eigenvalue weighted by molar-refractivity contribution is -0.136. The van der Waals surface area contributed by atoms with E-state index in [1.807, 2.05) is 42.2 Å². The van der Waals surface area contributed by atoms with Crippen LogP contribution in [0.1, 0.15) is 50.6 Å². The monoisotopic (exact) mass is 288 g/mol. The predicted octanol–water partition coefficient (Wildman–Crippen LogP) is 2.66. The summed E-state index contributed by atoms with van der Waals surface area (Å²) in [6.45, 7) is 3.52. The van der Waals surface area contributed by atoms with E-state index in [-0.39, 0.29) is 24.3 Å². The Labute approximate surface area is 126 Å². The molecule has 1 heterocycles. The van der Waals surface area contributed by atoms with Gasteiger partial charge in [0, 0.05) is 13.1 Å². The van der Waals surface area contributed by atoms with E-state index in [9.17, 15) is 9.59 Å². The van der Waals surface area contributed by atoms with Crippen LogP contribution in [-0.2, 0) is 9.59 Å². The van der Waals surface area contributed by atoms with Crippen LogP contribution < -0.4 is 5.32 Å². The molecule has 1 unspecified atom stereocenters. The first-order valence-electron chi connectivity index (χ1n) is 7.79. The molecule has 0 saturated carbocycles. The number of nitrogens with zero attached hydrogens (tertiary/aromatic N) is 1. The van der Waals surface area contributed by atoms with Crippen molar-refractivity contribution in [3.05, 3.63) is 35.9 Å². The van der Waals surface area contributed by atoms with Crippen LogP contribution in [-0.4, -0.2) is 29.8 Å². The number of carbonyl (C=O) groups excluding carboxylic acids is 2. The van der Waals surface area contributed by atoms with Gasteiger partial charge in [0.05, 0.1) is 6.04 Å². The summed E-state index contributed by atoms with van der Waals surface area (Å²) >= 11 is 0. The predicted molar refractivity (Wildman–Crippen MR) is 82.7 cm³/mol. The van der Waals surface area contributed by atoms with Crippen molar-refractivity contribution < 1.29 is 9.59 Å². The van der Waals surface area contributed by atoms with Crippen LogP contribution >= 0.6 is 0 Å². The lowest BCUT2D eigenvalue weighted by atomic mass is 10.1. The Bertz CT molecular complexity index is 465. The lowest BCUT2D eigenvalue weighted by Crippen LogP contribution is -2.37. The Morgan fingerprint density at radius 1 is 1.10 bits per heavy atom. The normalized spacial score (nSPS) is 16.9. The van der Waals surface area contributed by atoms with Crippen molar-refractivity contribution in [1.29, 1.82) is 0 Å². The summed E-state index contributed by atoms with van der Waals surface area (Å²) in [6, 6.07) is 9.71. The minimum absolute atomic E-state index is 0.0445. The first-order valence-corrected chi connectivity index (χ1v) is 7.79. The fourth-order valence-corrected chi connectivity index (χ4v) is 2.69. The summed E-state index contributed by atoms with van der Waals surface area (Å²) in [5, 5.41) is 2.90. The smallest absolute Gasteiger partial charge is 0.232 e. The molecule has 0 radical (unpaired) electrons. The van der Waals surface area contributed by atoms with Crippen molar-refractivity contribution in [3.63, 3.8) is 0 Å². The van der Waals surface area contributed by atoms with Gasteiger partial charge in [0.15, 0.2) is 0 Å². The molecule has 0 bridgehead atoms. The number of hydrogen-bond donors (Lipinski definition) is 1. The SMILES string of the molecule is CC(NC(=O)CC(=O)N1CCCCCC1)c1ccccc1. The molecule has 1 atom stereocenters. The van der Waals surface area contributed by atoms with Crippen molar-refractivity contribution in [2.24, 2.45) is 0 Å². The summed E-state index contributed by atoms with van der Waals surface area (Å²) in [6.07, 6.45) is 4.42. The van der Waals surface area contributed by atoms with Gasteiger partial charge in [0.1, 0.15) is 6.42 Å². The van der Waals surface area contributed by atoms with Gasteiger partial charge >= 0.3 is 0 Å². The minimum atomic E-state index is -0.194. The molecule has 0 aromatic heterocycles. The van der Waals surface area contributed by atoms with Crippen LogP contribution in [0.15, 0.2) is 30.3 Å². The maximum atomic E-state index is 12.1. The van der Waals surface area contributed by atoms with Gasteiger partial charge in [-0.15, -0.1) is 0 Å². The molecule has 1 N–H and O–H groups in total. The molecule has 114 valence electrons. The lowest BCUT2D eigenvalue weighted by Gasteiger charge is -2.21. The van der Waals surface area contributed by atoms with E-state index in [1.165, 1.54) is 12.8 Å². The first kappa shape index (κ1) is 15.5. The highest BCUT2D eigenvalue weighted by molar-refractivity contribution is 5.97. The van der Waals surface area contributed by atoms with Crippen LogP contribution in [0.4, 0.5) is 0 Å². The molecule has 1 saturated heterocycles. The number of hydrogen-bond acceptors (Lipinski definition) is 2. The quantitative estimate of drug-likeness (QED) is 0.866. The van der Waals surface area contributed by atoms with Crippen molar-refractivity contribution in [2.75, 3.05) is 13.1 Å². The molecule has 0 aliphatic carbocycles. The highest BCUT2D eigenvalue weighted by Gasteiger charge is 2.19. The molecular formula is C17H24N2O2.